The van der Waals surface area contributed by atoms with Crippen LogP contribution in [-0.4, -0.2) is 4.98 Å². The highest BCUT2D eigenvalue weighted by Gasteiger charge is 2.13. The van der Waals surface area contributed by atoms with Gasteiger partial charge in [0.25, 0.3) is 0 Å². The van der Waals surface area contributed by atoms with Gasteiger partial charge in [0.1, 0.15) is 0 Å². The summed E-state index contributed by atoms with van der Waals surface area (Å²) in [4.78, 5) is 4.40. The van der Waals surface area contributed by atoms with Crippen LogP contribution >= 0.6 is 0 Å². The fourth-order valence-corrected chi connectivity index (χ4v) is 1.49. The molecule has 0 saturated carbocycles. The van der Waals surface area contributed by atoms with Gasteiger partial charge in [0, 0.05) is 12.2 Å². The molecule has 2 rings (SSSR count). The monoisotopic (exact) mass is 147 g/mol. The molecule has 2 nitrogen and oxygen atoms in total. The molecule has 0 unspecified atom stereocenters. The maximum absolute atomic E-state index is 4.40. The summed E-state index contributed by atoms with van der Waals surface area (Å²) in [5, 5.41) is 3.17. The third-order valence-electron chi connectivity index (χ3n) is 2.03. The molecule has 0 aromatic carbocycles. The zero-order chi connectivity index (χ0) is 7.84. The summed E-state index contributed by atoms with van der Waals surface area (Å²) in [6.07, 6.45) is 0. The Bertz CT molecular complexity index is 292. The second-order valence-corrected chi connectivity index (χ2v) is 2.97. The van der Waals surface area contributed by atoms with Gasteiger partial charge in [-0.3, -0.25) is 4.98 Å². The lowest BCUT2D eigenvalue weighted by atomic mass is 10.1. The average molecular weight is 147 g/mol. The Morgan fingerprint density at radius 2 is 2.27 bits per heavy atom. The Labute approximate surface area is 66.7 Å². The van der Waals surface area contributed by atoms with Crippen LogP contribution in [-0.2, 0) is 6.54 Å². The molecule has 11 heavy (non-hydrogen) atoms. The van der Waals surface area contributed by atoms with E-state index in [-0.39, 0.29) is 0 Å². The predicted octanol–water partition coefficient (Wildman–Crippen LogP) is 1.31. The predicted molar refractivity (Wildman–Crippen MR) is 44.0 cm³/mol. The number of hydrogen-bond donors (Lipinski definition) is 1. The van der Waals surface area contributed by atoms with Gasteiger partial charge in [-0.05, 0) is 31.0 Å². The Morgan fingerprint density at radius 1 is 1.45 bits per heavy atom. The molecule has 0 spiro atoms. The van der Waals surface area contributed by atoms with Crippen LogP contribution in [0.4, 0.5) is 0 Å². The molecular formula is C9H11N2. The maximum atomic E-state index is 4.40. The largest absolute Gasteiger partial charge is 0.303 e. The van der Waals surface area contributed by atoms with Gasteiger partial charge in [-0.15, -0.1) is 0 Å². The van der Waals surface area contributed by atoms with E-state index in [9.17, 15) is 0 Å². The molecule has 0 bridgehead atoms. The van der Waals surface area contributed by atoms with Crippen molar-refractivity contribution >= 4 is 0 Å². The maximum Gasteiger partial charge on any atom is 0.0715 e. The van der Waals surface area contributed by atoms with Gasteiger partial charge in [0.05, 0.1) is 12.2 Å². The molecule has 1 aliphatic rings. The summed E-state index contributed by atoms with van der Waals surface area (Å²) in [6, 6.07) is 2.12. The number of aryl methyl sites for hydroxylation is 2. The van der Waals surface area contributed by atoms with Gasteiger partial charge in [-0.2, -0.15) is 0 Å². The van der Waals surface area contributed by atoms with Crippen molar-refractivity contribution in [1.29, 1.82) is 0 Å². The summed E-state index contributed by atoms with van der Waals surface area (Å²) >= 11 is 0. The molecule has 1 radical (unpaired) electrons. The van der Waals surface area contributed by atoms with Crippen molar-refractivity contribution in [3.8, 4) is 0 Å². The van der Waals surface area contributed by atoms with E-state index in [0.29, 0.717) is 0 Å². The zero-order valence-corrected chi connectivity index (χ0v) is 6.81. The van der Waals surface area contributed by atoms with Gasteiger partial charge >= 0.3 is 0 Å². The first-order valence-electron chi connectivity index (χ1n) is 3.81. The van der Waals surface area contributed by atoms with Gasteiger partial charge in [0.15, 0.2) is 0 Å². The van der Waals surface area contributed by atoms with Crippen LogP contribution in [0.2, 0.25) is 0 Å². The molecule has 0 amide bonds. The smallest absolute Gasteiger partial charge is 0.0715 e. The van der Waals surface area contributed by atoms with Crippen molar-refractivity contribution in [2.75, 3.05) is 0 Å². The number of fused-ring (bicyclic) bond motifs is 1. The van der Waals surface area contributed by atoms with E-state index in [1.54, 1.807) is 0 Å². The van der Waals surface area contributed by atoms with Crippen LogP contribution in [0.5, 0.6) is 0 Å². The summed E-state index contributed by atoms with van der Waals surface area (Å²) in [6.45, 7) is 7.08. The SMILES string of the molecule is Cc1cc(C)c2c(n1)[CH]NC2. The molecule has 2 heterocycles. The fraction of sp³-hybridized carbons (Fsp3) is 0.333. The van der Waals surface area contributed by atoms with Crippen molar-refractivity contribution in [1.82, 2.24) is 10.3 Å². The quantitative estimate of drug-likeness (QED) is 0.598. The summed E-state index contributed by atoms with van der Waals surface area (Å²) < 4.78 is 0. The first-order valence-corrected chi connectivity index (χ1v) is 3.81. The van der Waals surface area contributed by atoms with Gasteiger partial charge < -0.3 is 5.32 Å². The minimum atomic E-state index is 0.939. The molecule has 0 atom stereocenters. The first kappa shape index (κ1) is 6.80. The van der Waals surface area contributed by atoms with E-state index in [4.69, 9.17) is 0 Å². The van der Waals surface area contributed by atoms with Crippen LogP contribution in [0, 0.1) is 20.4 Å². The number of hydrogen-bond acceptors (Lipinski definition) is 2. The summed E-state index contributed by atoms with van der Waals surface area (Å²) in [5.41, 5.74) is 4.90. The van der Waals surface area contributed by atoms with Gasteiger partial charge in [0.2, 0.25) is 0 Å². The van der Waals surface area contributed by atoms with E-state index < -0.39 is 0 Å². The Morgan fingerprint density at radius 3 is 3.09 bits per heavy atom. The van der Waals surface area contributed by atoms with E-state index in [2.05, 4.69) is 23.3 Å². The van der Waals surface area contributed by atoms with Crippen LogP contribution in [0.3, 0.4) is 0 Å². The number of aromatic nitrogens is 1. The molecular weight excluding hydrogens is 136 g/mol. The standard InChI is InChI=1S/C9H11N2/c1-6-3-7(2)11-9-5-10-4-8(6)9/h3,5,10H,4H2,1-2H3. The molecule has 2 heteroatoms. The fourth-order valence-electron chi connectivity index (χ4n) is 1.49. The second-order valence-electron chi connectivity index (χ2n) is 2.97. The number of pyridine rings is 1. The van der Waals surface area contributed by atoms with Crippen LogP contribution in [0.15, 0.2) is 6.07 Å². The molecule has 1 N–H and O–H groups in total. The summed E-state index contributed by atoms with van der Waals surface area (Å²) in [5.74, 6) is 0. The number of rotatable bonds is 0. The second kappa shape index (κ2) is 2.31. The van der Waals surface area contributed by atoms with E-state index in [0.717, 1.165) is 17.9 Å². The van der Waals surface area contributed by atoms with Crippen molar-refractivity contribution in [3.63, 3.8) is 0 Å². The van der Waals surface area contributed by atoms with Gasteiger partial charge in [-0.25, -0.2) is 0 Å². The zero-order valence-electron chi connectivity index (χ0n) is 6.81. The molecule has 1 aliphatic heterocycles. The summed E-state index contributed by atoms with van der Waals surface area (Å²) in [7, 11) is 0. The topological polar surface area (TPSA) is 24.9 Å². The lowest BCUT2D eigenvalue weighted by molar-refractivity contribution is 0.881. The highest BCUT2D eigenvalue weighted by atomic mass is 14.9. The van der Waals surface area contributed by atoms with Crippen molar-refractivity contribution < 1.29 is 0 Å². The number of nitrogens with zero attached hydrogens (tertiary/aromatic N) is 1. The minimum absolute atomic E-state index is 0.939. The normalized spacial score (nSPS) is 15.1. The van der Waals surface area contributed by atoms with Gasteiger partial charge in [-0.1, -0.05) is 0 Å². The molecule has 57 valence electrons. The van der Waals surface area contributed by atoms with E-state index in [1.807, 2.05) is 13.5 Å². The average Bonchev–Trinajstić information content (AvgIpc) is 2.34. The van der Waals surface area contributed by atoms with E-state index >= 15 is 0 Å². The molecule has 0 fully saturated rings. The highest BCUT2D eigenvalue weighted by molar-refractivity contribution is 5.38. The Kier molecular flexibility index (Phi) is 1.43. The van der Waals surface area contributed by atoms with Crippen molar-refractivity contribution in [2.45, 2.75) is 20.4 Å². The molecule has 1 aromatic rings. The number of nitrogens with one attached hydrogen (secondary N) is 1. The van der Waals surface area contributed by atoms with Crippen LogP contribution in [0.1, 0.15) is 22.5 Å². The Balaban J connectivity index is 2.60. The third kappa shape index (κ3) is 1.03. The lowest BCUT2D eigenvalue weighted by Crippen LogP contribution is -1.98. The Hall–Kier alpha value is -0.890. The van der Waals surface area contributed by atoms with Crippen LogP contribution < -0.4 is 5.32 Å². The molecule has 0 saturated heterocycles. The molecule has 1 aromatic heterocycles. The highest BCUT2D eigenvalue weighted by Crippen LogP contribution is 2.18. The van der Waals surface area contributed by atoms with Crippen LogP contribution in [0.25, 0.3) is 0 Å². The molecule has 0 aliphatic carbocycles. The third-order valence-corrected chi connectivity index (χ3v) is 2.03. The van der Waals surface area contributed by atoms with Crippen molar-refractivity contribution in [3.05, 3.63) is 35.1 Å². The lowest BCUT2D eigenvalue weighted by Gasteiger charge is -2.02. The van der Waals surface area contributed by atoms with E-state index in [1.165, 1.54) is 11.1 Å². The first-order chi connectivity index (χ1) is 5.27. The minimum Gasteiger partial charge on any atom is -0.303 e. The van der Waals surface area contributed by atoms with Crippen molar-refractivity contribution in [2.24, 2.45) is 0 Å².